The van der Waals surface area contributed by atoms with Crippen molar-refractivity contribution in [2.45, 2.75) is 22.0 Å². The lowest BCUT2D eigenvalue weighted by Crippen LogP contribution is -2.31. The maximum absolute atomic E-state index is 13.1. The van der Waals surface area contributed by atoms with E-state index >= 15 is 0 Å². The van der Waals surface area contributed by atoms with Crippen LogP contribution < -0.4 is 33.7 Å². The fraction of sp³-hybridized carbons (Fsp3) is 0.176. The lowest BCUT2D eigenvalue weighted by atomic mass is 9.97. The molecule has 1 unspecified atom stereocenters. The van der Waals surface area contributed by atoms with Crippen molar-refractivity contribution in [2.75, 3.05) is 12.3 Å². The Balaban J connectivity index is 2.55. The van der Waals surface area contributed by atoms with E-state index in [4.69, 9.17) is 28.2 Å². The van der Waals surface area contributed by atoms with E-state index in [1.165, 1.54) is 13.0 Å². The molecule has 0 bridgehead atoms. The van der Waals surface area contributed by atoms with E-state index in [-0.39, 0.29) is 23.6 Å². The molecular weight excluding hydrogens is 458 g/mol. The van der Waals surface area contributed by atoms with Gasteiger partial charge in [-0.15, -0.1) is 5.10 Å². The number of nitrogen functional groups attached to an aromatic ring is 1. The van der Waals surface area contributed by atoms with E-state index in [9.17, 15) is 16.8 Å². The van der Waals surface area contributed by atoms with Gasteiger partial charge in [0.25, 0.3) is 0 Å². The third-order valence-electron chi connectivity index (χ3n) is 4.84. The molecule has 172 valence electrons. The van der Waals surface area contributed by atoms with Gasteiger partial charge in [-0.2, -0.15) is 0 Å². The van der Waals surface area contributed by atoms with Crippen LogP contribution in [-0.2, 0) is 19.9 Å². The summed E-state index contributed by atoms with van der Waals surface area (Å²) in [5.41, 5.74) is 20.6. The molecule has 0 radical (unpaired) electrons. The molecule has 0 aliphatic rings. The predicted octanol–water partition coefficient (Wildman–Crippen LogP) is -1.34. The van der Waals surface area contributed by atoms with Crippen LogP contribution in [0.25, 0.3) is 22.2 Å². The van der Waals surface area contributed by atoms with Crippen LogP contribution in [0.5, 0.6) is 0 Å². The monoisotopic (exact) mass is 481 g/mol. The van der Waals surface area contributed by atoms with Gasteiger partial charge in [0.05, 0.1) is 21.2 Å². The van der Waals surface area contributed by atoms with Crippen molar-refractivity contribution in [3.8, 4) is 11.1 Å². The summed E-state index contributed by atoms with van der Waals surface area (Å²) in [6.07, 6.45) is 0. The van der Waals surface area contributed by atoms with E-state index in [0.29, 0.717) is 16.6 Å². The summed E-state index contributed by atoms with van der Waals surface area (Å²) < 4.78 is 51.5. The summed E-state index contributed by atoms with van der Waals surface area (Å²) in [4.78, 5) is 5.81. The van der Waals surface area contributed by atoms with Crippen molar-refractivity contribution in [1.29, 1.82) is 0 Å². The number of hydrazine groups is 1. The molecule has 32 heavy (non-hydrogen) atoms. The molecule has 0 saturated carbocycles. The van der Waals surface area contributed by atoms with Crippen molar-refractivity contribution < 1.29 is 16.8 Å². The van der Waals surface area contributed by atoms with Crippen LogP contribution in [0, 0.1) is 0 Å². The molecule has 2 aromatic carbocycles. The third kappa shape index (κ3) is 3.98. The zero-order valence-electron chi connectivity index (χ0n) is 16.9. The van der Waals surface area contributed by atoms with Crippen molar-refractivity contribution in [2.24, 2.45) is 27.6 Å². The second kappa shape index (κ2) is 8.36. The van der Waals surface area contributed by atoms with Crippen LogP contribution in [0.1, 0.15) is 12.5 Å². The molecular formula is C17H23N9O4S2. The zero-order chi connectivity index (χ0) is 23.8. The van der Waals surface area contributed by atoms with E-state index < -0.39 is 40.7 Å². The first-order chi connectivity index (χ1) is 14.9. The van der Waals surface area contributed by atoms with Crippen molar-refractivity contribution >= 4 is 42.7 Å². The van der Waals surface area contributed by atoms with Crippen molar-refractivity contribution in [3.05, 3.63) is 35.9 Å². The quantitative estimate of drug-likeness (QED) is 0.0904. The van der Waals surface area contributed by atoms with Crippen molar-refractivity contribution in [3.63, 3.8) is 0 Å². The minimum absolute atomic E-state index is 0.127. The fourth-order valence-corrected chi connectivity index (χ4v) is 6.14. The van der Waals surface area contributed by atoms with Crippen LogP contribution in [0.15, 0.2) is 45.2 Å². The summed E-state index contributed by atoms with van der Waals surface area (Å²) in [6.45, 7) is 1.10. The molecule has 3 aromatic rings. The average molecular weight is 482 g/mol. The number of imidazole rings is 1. The summed E-state index contributed by atoms with van der Waals surface area (Å²) in [5.74, 6) is 4.95. The first kappa shape index (κ1) is 23.4. The van der Waals surface area contributed by atoms with Gasteiger partial charge in [-0.1, -0.05) is 18.2 Å². The zero-order valence-corrected chi connectivity index (χ0v) is 18.5. The number of anilines is 1. The largest absolute Gasteiger partial charge is 0.382 e. The summed E-state index contributed by atoms with van der Waals surface area (Å²) >= 11 is 0. The summed E-state index contributed by atoms with van der Waals surface area (Å²) in [6, 6.07) is 7.54. The van der Waals surface area contributed by atoms with Gasteiger partial charge in [-0.3, -0.25) is 0 Å². The molecule has 0 aliphatic heterocycles. The van der Waals surface area contributed by atoms with Crippen LogP contribution in [-0.4, -0.2) is 44.4 Å². The Hall–Kier alpha value is -3.24. The number of sulfonamides is 1. The number of primary sulfonamides is 1. The second-order valence-electron chi connectivity index (χ2n) is 6.90. The van der Waals surface area contributed by atoms with Crippen molar-refractivity contribution in [1.82, 2.24) is 15.5 Å². The van der Waals surface area contributed by atoms with Gasteiger partial charge in [-0.25, -0.2) is 38.3 Å². The number of amidine groups is 1. The Labute approximate surface area is 184 Å². The third-order valence-corrected chi connectivity index (χ3v) is 8.16. The standard InChI is InChI=1S/C17H23N9O4S2/c1-8(7-18)31(27,28)12-6-5-9(10-3-2-4-11-14(10)24-17(20)23-11)13(16(19)25-26-21)15(12)32(22,29)30/h2-6,8,26H,7,18,21H2,1H3,(H2,19,25)(H3,20,23,24)(H2,22,29,30). The van der Waals surface area contributed by atoms with Crippen LogP contribution in [0.2, 0.25) is 0 Å². The lowest BCUT2D eigenvalue weighted by molar-refractivity contribution is 0.575. The highest BCUT2D eigenvalue weighted by Gasteiger charge is 2.34. The Morgan fingerprint density at radius 1 is 1.19 bits per heavy atom. The molecule has 1 heterocycles. The number of hydrogen-bond acceptors (Lipinski definition) is 10. The van der Waals surface area contributed by atoms with Gasteiger partial charge in [-0.05, 0) is 24.6 Å². The minimum atomic E-state index is -4.63. The number of aromatic nitrogens is 2. The molecule has 1 aromatic heterocycles. The minimum Gasteiger partial charge on any atom is -0.382 e. The second-order valence-corrected chi connectivity index (χ2v) is 10.7. The summed E-state index contributed by atoms with van der Waals surface area (Å²) in [5, 5.41) is 8.03. The highest BCUT2D eigenvalue weighted by Crippen LogP contribution is 2.37. The molecule has 3 rings (SSSR count). The Kier molecular flexibility index (Phi) is 6.12. The topological polar surface area (TPSA) is 251 Å². The summed E-state index contributed by atoms with van der Waals surface area (Å²) in [7, 11) is -8.83. The smallest absolute Gasteiger partial charge is 0.240 e. The van der Waals surface area contributed by atoms with E-state index in [1.54, 1.807) is 18.2 Å². The van der Waals surface area contributed by atoms with Crippen LogP contribution in [0.4, 0.5) is 5.95 Å². The number of nitrogens with zero attached hydrogens (tertiary/aromatic N) is 2. The van der Waals surface area contributed by atoms with E-state index in [0.717, 1.165) is 6.07 Å². The van der Waals surface area contributed by atoms with E-state index in [1.807, 2.05) is 5.53 Å². The first-order valence-corrected chi connectivity index (χ1v) is 12.2. The van der Waals surface area contributed by atoms with Gasteiger partial charge in [0.1, 0.15) is 4.90 Å². The van der Waals surface area contributed by atoms with Gasteiger partial charge < -0.3 is 22.2 Å². The fourth-order valence-electron chi connectivity index (χ4n) is 3.29. The number of aromatic amines is 1. The molecule has 0 saturated heterocycles. The first-order valence-electron chi connectivity index (χ1n) is 9.11. The molecule has 13 nitrogen and oxygen atoms in total. The SMILES string of the molecule is CC(CN)S(=O)(=O)c1ccc(-c2cccc3[nH]c(N)nc23)c(/C(N)=N/NN)c1S(N)(=O)=O. The van der Waals surface area contributed by atoms with Crippen LogP contribution in [0.3, 0.4) is 0 Å². The number of nitrogens with two attached hydrogens (primary N) is 5. The molecule has 0 fully saturated rings. The van der Waals surface area contributed by atoms with Gasteiger partial charge in [0, 0.05) is 17.7 Å². The Morgan fingerprint density at radius 3 is 2.47 bits per heavy atom. The number of para-hydroxylation sites is 1. The molecule has 0 spiro atoms. The van der Waals surface area contributed by atoms with Crippen LogP contribution >= 0.6 is 0 Å². The molecule has 0 aliphatic carbocycles. The Bertz CT molecular complexity index is 1430. The molecule has 12 N–H and O–H groups in total. The lowest BCUT2D eigenvalue weighted by Gasteiger charge is -2.19. The maximum atomic E-state index is 13.1. The normalized spacial score (nSPS) is 13.9. The molecule has 15 heteroatoms. The predicted molar refractivity (Wildman–Crippen MR) is 121 cm³/mol. The average Bonchev–Trinajstić information content (AvgIpc) is 3.11. The highest BCUT2D eigenvalue weighted by molar-refractivity contribution is 7.94. The number of rotatable bonds is 7. The number of benzene rings is 2. The molecule has 1 atom stereocenters. The number of nitrogens with one attached hydrogen (secondary N) is 2. The number of hydrogen-bond donors (Lipinski definition) is 7. The van der Waals surface area contributed by atoms with E-state index in [2.05, 4.69) is 15.1 Å². The number of sulfone groups is 1. The Morgan fingerprint density at radius 2 is 1.88 bits per heavy atom. The van der Waals surface area contributed by atoms with Gasteiger partial charge >= 0.3 is 0 Å². The highest BCUT2D eigenvalue weighted by atomic mass is 32.2. The number of H-pyrrole nitrogens is 1. The molecule has 0 amide bonds. The maximum Gasteiger partial charge on any atom is 0.240 e. The number of hydrazone groups is 1. The van der Waals surface area contributed by atoms with Gasteiger partial charge in [0.2, 0.25) is 10.0 Å². The van der Waals surface area contributed by atoms with Gasteiger partial charge in [0.15, 0.2) is 21.6 Å². The number of fused-ring (bicyclic) bond motifs is 1.